The third-order valence-corrected chi connectivity index (χ3v) is 23.3. The van der Waals surface area contributed by atoms with Gasteiger partial charge in [0, 0.05) is 38.8 Å². The van der Waals surface area contributed by atoms with Gasteiger partial charge in [-0.25, -0.2) is 9.13 Å². The first kappa shape index (κ1) is 72.6. The lowest BCUT2D eigenvalue weighted by Gasteiger charge is -2.39. The number of benzene rings is 10. The zero-order chi connectivity index (χ0) is 73.9. The van der Waals surface area contributed by atoms with Crippen LogP contribution in [0.25, 0.3) is 106 Å². The number of aryl methyl sites for hydroxylation is 2. The number of hydrogen-bond acceptors (Lipinski definition) is 0. The van der Waals surface area contributed by atoms with E-state index in [-0.39, 0.29) is 45.3 Å². The van der Waals surface area contributed by atoms with Crippen LogP contribution in [0.3, 0.4) is 0 Å². The summed E-state index contributed by atoms with van der Waals surface area (Å²) in [6, 6.07) is 93.9. The highest BCUT2D eigenvalue weighted by molar-refractivity contribution is 9.11. The molecule has 4 heteroatoms. The number of fused-ring (bicyclic) bond motifs is 3. The highest BCUT2D eigenvalue weighted by Gasteiger charge is 2.39. The van der Waals surface area contributed by atoms with E-state index in [1.165, 1.54) is 145 Å². The third kappa shape index (κ3) is 15.8. The number of rotatable bonds is 12. The molecule has 0 amide bonds. The van der Waals surface area contributed by atoms with Gasteiger partial charge in [0.05, 0.1) is 5.56 Å². The Morgan fingerprint density at radius 2 is 0.733 bits per heavy atom. The second-order valence-corrected chi connectivity index (χ2v) is 35.8. The predicted molar refractivity (Wildman–Crippen MR) is 453 cm³/mol. The minimum atomic E-state index is 0.0330. The fourth-order valence-corrected chi connectivity index (χ4v) is 17.3. The topological polar surface area (TPSA) is 7.76 Å². The van der Waals surface area contributed by atoms with Gasteiger partial charge in [0.1, 0.15) is 14.1 Å². The number of aromatic nitrogens is 2. The lowest BCUT2D eigenvalue weighted by molar-refractivity contribution is -0.660. The van der Waals surface area contributed by atoms with Gasteiger partial charge in [0.25, 0.3) is 0 Å². The van der Waals surface area contributed by atoms with Crippen LogP contribution in [0.1, 0.15) is 140 Å². The van der Waals surface area contributed by atoms with E-state index < -0.39 is 0 Å². The van der Waals surface area contributed by atoms with Gasteiger partial charge in [-0.15, -0.1) is 0 Å². The van der Waals surface area contributed by atoms with Gasteiger partial charge in [-0.3, -0.25) is 0 Å². The molecule has 4 atom stereocenters. The van der Waals surface area contributed by atoms with Crippen LogP contribution in [0, 0.1) is 17.8 Å². The molecule has 105 heavy (non-hydrogen) atoms. The molecule has 2 nitrogen and oxygen atoms in total. The van der Waals surface area contributed by atoms with Gasteiger partial charge in [0.2, 0.25) is 11.4 Å². The molecule has 0 radical (unpaired) electrons. The molecule has 2 aliphatic carbocycles. The molecule has 10 aromatic carbocycles. The van der Waals surface area contributed by atoms with E-state index in [0.717, 1.165) is 27.4 Å². The summed E-state index contributed by atoms with van der Waals surface area (Å²) in [4.78, 5) is 0. The molecule has 0 saturated carbocycles. The SMILES string of the molecule is CC1C=CC=CC2=CC1C(Cc1ccc(-c3cc(Br)cc(Br)c3)cc1-c1cccc[n+]1C)C(c1ccc(-c3cc(-c4ccc(C(C)(C)C)cc4)cc(-c4ccc(C(C)(C)C)cc4)c3)cc1-c1cccc[n+]1C)Cc1ccc(-c3cc(-c4ccc(C(C)(C)C)cc4)cc(-c4ccc(C(C)(C)C)cc4)c3)cc12. The summed E-state index contributed by atoms with van der Waals surface area (Å²) in [6.07, 6.45) is 18.2. The van der Waals surface area contributed by atoms with Crippen molar-refractivity contribution in [1.82, 2.24) is 0 Å². The molecule has 14 rings (SSSR count). The van der Waals surface area contributed by atoms with E-state index >= 15 is 0 Å². The molecular weight excluding hydrogens is 1400 g/mol. The highest BCUT2D eigenvalue weighted by Crippen LogP contribution is 2.50. The predicted octanol–water partition coefficient (Wildman–Crippen LogP) is 27.0. The number of pyridine rings is 2. The van der Waals surface area contributed by atoms with E-state index in [4.69, 9.17) is 0 Å². The lowest BCUT2D eigenvalue weighted by Crippen LogP contribution is -2.33. The van der Waals surface area contributed by atoms with Crippen molar-refractivity contribution in [1.29, 1.82) is 0 Å². The van der Waals surface area contributed by atoms with Crippen LogP contribution in [0.2, 0.25) is 0 Å². The van der Waals surface area contributed by atoms with Crippen molar-refractivity contribution >= 4 is 37.4 Å². The van der Waals surface area contributed by atoms with Gasteiger partial charge in [-0.2, -0.15) is 0 Å². The first-order valence-electron chi connectivity index (χ1n) is 37.6. The number of nitrogens with zero attached hydrogens (tertiary/aromatic N) is 2. The second-order valence-electron chi connectivity index (χ2n) is 34.0. The van der Waals surface area contributed by atoms with Crippen LogP contribution in [-0.2, 0) is 48.6 Å². The number of allylic oxidation sites excluding steroid dienone is 6. The normalized spacial score (nSPS) is 16.2. The summed E-state index contributed by atoms with van der Waals surface area (Å²) in [5, 5.41) is 0. The molecular formula is C101H100Br2N2+2. The average molecular weight is 1500 g/mol. The maximum Gasteiger partial charge on any atom is 0.212 e. The van der Waals surface area contributed by atoms with Crippen molar-refractivity contribution < 1.29 is 9.13 Å². The van der Waals surface area contributed by atoms with E-state index in [1.807, 2.05) is 0 Å². The van der Waals surface area contributed by atoms with E-state index in [2.05, 4.69) is 431 Å². The number of hydrogen-bond donors (Lipinski definition) is 0. The summed E-state index contributed by atoms with van der Waals surface area (Å²) in [5.74, 6) is 0.461. The largest absolute Gasteiger partial charge is 0.212 e. The van der Waals surface area contributed by atoms with Crippen molar-refractivity contribution in [3.05, 3.63) is 339 Å². The second kappa shape index (κ2) is 29.2. The van der Waals surface area contributed by atoms with Crippen molar-refractivity contribution in [3.63, 3.8) is 0 Å². The van der Waals surface area contributed by atoms with Crippen molar-refractivity contribution in [2.75, 3.05) is 0 Å². The third-order valence-electron chi connectivity index (χ3n) is 22.4. The fourth-order valence-electron chi connectivity index (χ4n) is 16.1. The summed E-state index contributed by atoms with van der Waals surface area (Å²) >= 11 is 7.70. The Morgan fingerprint density at radius 3 is 1.16 bits per heavy atom. The first-order valence-corrected chi connectivity index (χ1v) is 39.2. The maximum atomic E-state index is 3.85. The zero-order valence-corrected chi connectivity index (χ0v) is 67.2. The minimum Gasteiger partial charge on any atom is -0.201 e. The van der Waals surface area contributed by atoms with Gasteiger partial charge < -0.3 is 0 Å². The van der Waals surface area contributed by atoms with E-state index in [9.17, 15) is 0 Å². The van der Waals surface area contributed by atoms with Crippen LogP contribution in [-0.4, -0.2) is 0 Å². The molecule has 0 spiro atoms. The summed E-state index contributed by atoms with van der Waals surface area (Å²) in [7, 11) is 4.42. The summed E-state index contributed by atoms with van der Waals surface area (Å²) in [6.45, 7) is 30.0. The molecule has 12 aromatic rings. The Morgan fingerprint density at radius 1 is 0.362 bits per heavy atom. The van der Waals surface area contributed by atoms with Gasteiger partial charge in [-0.05, 0) is 271 Å². The molecule has 0 fully saturated rings. The standard InChI is InChI=1S/C101H100Br2N2/c1-65-22-16-17-23-73-61-90(65)94(63-75-29-27-71(82-56-87(102)64-88(103)57-82)59-92(75)96-24-18-20-48-104(96)14)93(62-74-28-26-70(58-91(73)74)80-52-76(66-30-39-83(40-31-66)98(2,3)4)50-77(53-80)67-32-41-84(42-33-67)99(5,6)7)89-47-38-72(60-95(89)97-25-19-21-49-105(97)15)81-54-78(68-34-43-85(44-35-68)100(8,9)10)51-79(55-81)69-36-45-86(46-37-69)101(11,12)13/h16-61,64-65,90,93-94H,62-63H2,1-15H3/q+2. The maximum absolute atomic E-state index is 3.85. The Bertz CT molecular complexity index is 5150. The monoisotopic (exact) mass is 1500 g/mol. The Kier molecular flexibility index (Phi) is 20.2. The quantitative estimate of drug-likeness (QED) is 0.108. The number of halogens is 2. The van der Waals surface area contributed by atoms with E-state index in [0.29, 0.717) is 0 Å². The van der Waals surface area contributed by atoms with E-state index in [1.54, 1.807) is 0 Å². The van der Waals surface area contributed by atoms with Crippen LogP contribution < -0.4 is 9.13 Å². The molecule has 2 aromatic heterocycles. The molecule has 0 N–H and O–H groups in total. The molecule has 2 heterocycles. The highest BCUT2D eigenvalue weighted by atomic mass is 79.9. The summed E-state index contributed by atoms with van der Waals surface area (Å²) in [5.41, 5.74) is 33.7. The van der Waals surface area contributed by atoms with Gasteiger partial charge >= 0.3 is 0 Å². The Balaban J connectivity index is 0.991. The summed E-state index contributed by atoms with van der Waals surface area (Å²) < 4.78 is 6.71. The Labute approximate surface area is 643 Å². The smallest absolute Gasteiger partial charge is 0.201 e. The molecule has 2 aliphatic rings. The first-order chi connectivity index (χ1) is 50.1. The van der Waals surface area contributed by atoms with Crippen LogP contribution in [0.15, 0.2) is 294 Å². The average Bonchev–Trinajstić information content (AvgIpc) is 0.752. The molecule has 0 saturated heterocycles. The van der Waals surface area contributed by atoms with Crippen LogP contribution >= 0.6 is 31.9 Å². The lowest BCUT2D eigenvalue weighted by atomic mass is 9.64. The van der Waals surface area contributed by atoms with Crippen molar-refractivity contribution in [2.45, 2.75) is 130 Å². The molecule has 526 valence electrons. The molecule has 4 unspecified atom stereocenters. The van der Waals surface area contributed by atoms with Gasteiger partial charge in [0.15, 0.2) is 12.4 Å². The van der Waals surface area contributed by atoms with Crippen molar-refractivity contribution in [3.8, 4) is 100 Å². The Hall–Kier alpha value is -9.32. The van der Waals surface area contributed by atoms with Crippen molar-refractivity contribution in [2.24, 2.45) is 31.8 Å². The molecule has 0 aliphatic heterocycles. The zero-order valence-electron chi connectivity index (χ0n) is 64.0. The molecule has 2 bridgehead atoms. The van der Waals surface area contributed by atoms with Crippen LogP contribution in [0.5, 0.6) is 0 Å². The van der Waals surface area contributed by atoms with Crippen LogP contribution in [0.4, 0.5) is 0 Å². The fraction of sp³-hybridized carbons (Fsp3) is 0.248. The minimum absolute atomic E-state index is 0.0330. The van der Waals surface area contributed by atoms with Gasteiger partial charge in [-0.1, -0.05) is 286 Å².